The molecule has 2 aromatic carbocycles. The fourth-order valence-electron chi connectivity index (χ4n) is 2.05. The van der Waals surface area contributed by atoms with Crippen LogP contribution in [0.2, 0.25) is 0 Å². The molecule has 0 amide bonds. The van der Waals surface area contributed by atoms with Crippen molar-refractivity contribution in [2.24, 2.45) is 0 Å². The molecule has 90 valence electrons. The summed E-state index contributed by atoms with van der Waals surface area (Å²) in [7, 11) is 0. The Kier molecular flexibility index (Phi) is 2.83. The van der Waals surface area contributed by atoms with E-state index in [4.69, 9.17) is 5.26 Å². The zero-order chi connectivity index (χ0) is 13.1. The number of H-pyrrole nitrogens is 1. The van der Waals surface area contributed by atoms with Crippen molar-refractivity contribution in [1.82, 2.24) is 10.2 Å². The fourth-order valence-corrected chi connectivity index (χ4v) is 2.05. The van der Waals surface area contributed by atoms with E-state index >= 15 is 0 Å². The highest BCUT2D eigenvalue weighted by atomic mass is 15.1. The minimum absolute atomic E-state index is 0.671. The number of nitrogens with zero attached hydrogens (tertiary/aromatic N) is 2. The van der Waals surface area contributed by atoms with Gasteiger partial charge >= 0.3 is 0 Å². The minimum Gasteiger partial charge on any atom is -0.278 e. The average molecular weight is 245 g/mol. The van der Waals surface area contributed by atoms with Gasteiger partial charge in [-0.3, -0.25) is 5.10 Å². The summed E-state index contributed by atoms with van der Waals surface area (Å²) >= 11 is 0. The van der Waals surface area contributed by atoms with Crippen LogP contribution in [0.4, 0.5) is 0 Å². The first-order chi connectivity index (χ1) is 9.36. The summed E-state index contributed by atoms with van der Waals surface area (Å²) in [5.41, 5.74) is 4.87. The smallest absolute Gasteiger partial charge is 0.0991 e. The Balaban J connectivity index is 2.06. The van der Waals surface area contributed by atoms with Crippen molar-refractivity contribution in [3.05, 3.63) is 66.4 Å². The van der Waals surface area contributed by atoms with Crippen LogP contribution >= 0.6 is 0 Å². The van der Waals surface area contributed by atoms with Crippen molar-refractivity contribution in [3.8, 4) is 28.5 Å². The second-order valence-electron chi connectivity index (χ2n) is 4.24. The second-order valence-corrected chi connectivity index (χ2v) is 4.24. The molecule has 0 unspecified atom stereocenters. The Morgan fingerprint density at radius 1 is 0.895 bits per heavy atom. The quantitative estimate of drug-likeness (QED) is 0.749. The molecule has 1 aromatic heterocycles. The molecule has 3 nitrogen and oxygen atoms in total. The van der Waals surface area contributed by atoms with Gasteiger partial charge in [-0.25, -0.2) is 0 Å². The molecule has 0 spiro atoms. The summed E-state index contributed by atoms with van der Waals surface area (Å²) in [4.78, 5) is 0. The molecular weight excluding hydrogens is 234 g/mol. The maximum atomic E-state index is 8.95. The monoisotopic (exact) mass is 245 g/mol. The molecule has 0 saturated carbocycles. The molecule has 3 rings (SSSR count). The number of nitrogens with one attached hydrogen (secondary N) is 1. The molecule has 1 N–H and O–H groups in total. The number of rotatable bonds is 2. The van der Waals surface area contributed by atoms with Crippen LogP contribution in [0.3, 0.4) is 0 Å². The molecular formula is C16H11N3. The Morgan fingerprint density at radius 2 is 1.63 bits per heavy atom. The van der Waals surface area contributed by atoms with Crippen molar-refractivity contribution in [2.45, 2.75) is 0 Å². The van der Waals surface area contributed by atoms with Gasteiger partial charge in [0.2, 0.25) is 0 Å². The molecule has 0 bridgehead atoms. The lowest BCUT2D eigenvalue weighted by molar-refractivity contribution is 1.10. The summed E-state index contributed by atoms with van der Waals surface area (Å²) in [5, 5.41) is 15.9. The van der Waals surface area contributed by atoms with Gasteiger partial charge in [-0.05, 0) is 35.4 Å². The van der Waals surface area contributed by atoms with Crippen LogP contribution in [0, 0.1) is 11.3 Å². The van der Waals surface area contributed by atoms with Gasteiger partial charge in [-0.1, -0.05) is 30.3 Å². The first-order valence-electron chi connectivity index (χ1n) is 5.97. The molecule has 0 atom stereocenters. The van der Waals surface area contributed by atoms with Gasteiger partial charge < -0.3 is 0 Å². The largest absolute Gasteiger partial charge is 0.278 e. The van der Waals surface area contributed by atoms with Crippen LogP contribution < -0.4 is 0 Å². The zero-order valence-electron chi connectivity index (χ0n) is 10.2. The van der Waals surface area contributed by atoms with Crippen molar-refractivity contribution in [1.29, 1.82) is 5.26 Å². The minimum atomic E-state index is 0.671. The molecule has 0 aliphatic carbocycles. The van der Waals surface area contributed by atoms with E-state index in [1.807, 2.05) is 48.5 Å². The normalized spacial score (nSPS) is 10.1. The average Bonchev–Trinajstić information content (AvgIpc) is 3.02. The molecule has 3 heteroatoms. The number of aromatic amines is 1. The van der Waals surface area contributed by atoms with Gasteiger partial charge in [0, 0.05) is 11.8 Å². The van der Waals surface area contributed by atoms with E-state index in [-0.39, 0.29) is 0 Å². The summed E-state index contributed by atoms with van der Waals surface area (Å²) < 4.78 is 0. The molecule has 0 saturated heterocycles. The van der Waals surface area contributed by atoms with Gasteiger partial charge in [-0.15, -0.1) is 0 Å². The lowest BCUT2D eigenvalue weighted by atomic mass is 10.0. The van der Waals surface area contributed by atoms with Crippen molar-refractivity contribution in [3.63, 3.8) is 0 Å². The fraction of sp³-hybridized carbons (Fsp3) is 0. The zero-order valence-corrected chi connectivity index (χ0v) is 10.2. The summed E-state index contributed by atoms with van der Waals surface area (Å²) in [6, 6.07) is 19.9. The van der Waals surface area contributed by atoms with Gasteiger partial charge in [0.25, 0.3) is 0 Å². The van der Waals surface area contributed by atoms with E-state index in [0.29, 0.717) is 5.56 Å². The topological polar surface area (TPSA) is 52.5 Å². The van der Waals surface area contributed by atoms with Crippen molar-refractivity contribution in [2.75, 3.05) is 0 Å². The van der Waals surface area contributed by atoms with Gasteiger partial charge in [-0.2, -0.15) is 10.4 Å². The van der Waals surface area contributed by atoms with Gasteiger partial charge in [0.15, 0.2) is 0 Å². The Morgan fingerprint density at radius 3 is 2.37 bits per heavy atom. The number of nitriles is 1. The van der Waals surface area contributed by atoms with Crippen LogP contribution in [0.5, 0.6) is 0 Å². The molecule has 0 fully saturated rings. The third-order valence-corrected chi connectivity index (χ3v) is 3.00. The number of hydrogen-bond donors (Lipinski definition) is 1. The Bertz CT molecular complexity index is 737. The van der Waals surface area contributed by atoms with Crippen LogP contribution in [-0.4, -0.2) is 10.2 Å². The summed E-state index contributed by atoms with van der Waals surface area (Å²) in [6.45, 7) is 0. The van der Waals surface area contributed by atoms with E-state index < -0.39 is 0 Å². The molecule has 19 heavy (non-hydrogen) atoms. The standard InChI is InChI=1S/C16H11N3/c17-11-12-3-1-4-13(9-12)14-5-2-6-15(10-14)16-7-8-18-19-16/h1-10H,(H,18,19). The van der Waals surface area contributed by atoms with E-state index in [0.717, 1.165) is 22.4 Å². The third kappa shape index (κ3) is 2.24. The summed E-state index contributed by atoms with van der Waals surface area (Å²) in [6.07, 6.45) is 1.73. The SMILES string of the molecule is N#Cc1cccc(-c2cccc(-c3ccn[nH]3)c2)c1. The van der Waals surface area contributed by atoms with Crippen LogP contribution in [-0.2, 0) is 0 Å². The molecule has 3 aromatic rings. The van der Waals surface area contributed by atoms with Gasteiger partial charge in [0.1, 0.15) is 0 Å². The lowest BCUT2D eigenvalue weighted by Gasteiger charge is -2.04. The Labute approximate surface area is 111 Å². The van der Waals surface area contributed by atoms with Crippen molar-refractivity contribution >= 4 is 0 Å². The first-order valence-corrected chi connectivity index (χ1v) is 5.97. The third-order valence-electron chi connectivity index (χ3n) is 3.00. The summed E-state index contributed by atoms with van der Waals surface area (Å²) in [5.74, 6) is 0. The highest BCUT2D eigenvalue weighted by Crippen LogP contribution is 2.25. The van der Waals surface area contributed by atoms with E-state index in [1.54, 1.807) is 6.20 Å². The van der Waals surface area contributed by atoms with Crippen molar-refractivity contribution < 1.29 is 0 Å². The highest BCUT2D eigenvalue weighted by Gasteiger charge is 2.03. The van der Waals surface area contributed by atoms with Crippen LogP contribution in [0.15, 0.2) is 60.8 Å². The van der Waals surface area contributed by atoms with E-state index in [1.165, 1.54) is 0 Å². The van der Waals surface area contributed by atoms with Crippen LogP contribution in [0.25, 0.3) is 22.4 Å². The lowest BCUT2D eigenvalue weighted by Crippen LogP contribution is -1.83. The maximum Gasteiger partial charge on any atom is 0.0991 e. The van der Waals surface area contributed by atoms with Crippen LogP contribution in [0.1, 0.15) is 5.56 Å². The predicted octanol–water partition coefficient (Wildman–Crippen LogP) is 3.62. The Hall–Kier alpha value is -2.86. The first kappa shape index (κ1) is 11.2. The number of hydrogen-bond acceptors (Lipinski definition) is 2. The number of benzene rings is 2. The maximum absolute atomic E-state index is 8.95. The molecule has 1 heterocycles. The molecule has 0 radical (unpaired) electrons. The molecule has 0 aliphatic heterocycles. The van der Waals surface area contributed by atoms with Gasteiger partial charge in [0.05, 0.1) is 17.3 Å². The number of aromatic nitrogens is 2. The highest BCUT2D eigenvalue weighted by molar-refractivity contribution is 5.72. The predicted molar refractivity (Wildman–Crippen MR) is 74.2 cm³/mol. The molecule has 0 aliphatic rings. The van der Waals surface area contributed by atoms with E-state index in [2.05, 4.69) is 22.3 Å². The second kappa shape index (κ2) is 4.79. The van der Waals surface area contributed by atoms with E-state index in [9.17, 15) is 0 Å².